The molecule has 3 aliphatic heterocycles. The molecule has 1 aromatic rings. The Labute approximate surface area is 168 Å². The molecule has 2 amide bonds. The fourth-order valence-electron chi connectivity index (χ4n) is 5.53. The number of piperidine rings is 1. The van der Waals surface area contributed by atoms with E-state index in [1.807, 2.05) is 28.0 Å². The highest BCUT2D eigenvalue weighted by Gasteiger charge is 2.48. The number of hydrogen-bond acceptors (Lipinski definition) is 3. The maximum absolute atomic E-state index is 13.9. The van der Waals surface area contributed by atoms with Crippen molar-refractivity contribution in [3.8, 4) is 0 Å². The van der Waals surface area contributed by atoms with Crippen LogP contribution in [0.1, 0.15) is 50.5 Å². The molecule has 2 bridgehead atoms. The van der Waals surface area contributed by atoms with Gasteiger partial charge in [-0.25, -0.2) is 0 Å². The van der Waals surface area contributed by atoms with Crippen molar-refractivity contribution in [3.63, 3.8) is 0 Å². The van der Waals surface area contributed by atoms with Gasteiger partial charge >= 0.3 is 0 Å². The number of amides is 2. The first-order chi connectivity index (χ1) is 13.7. The van der Waals surface area contributed by atoms with Crippen LogP contribution in [0.25, 0.3) is 0 Å². The van der Waals surface area contributed by atoms with E-state index in [0.29, 0.717) is 26.2 Å². The van der Waals surface area contributed by atoms with Crippen molar-refractivity contribution < 1.29 is 14.3 Å². The Bertz CT molecular complexity index is 699. The number of hydrogen-bond donors (Lipinski definition) is 0. The van der Waals surface area contributed by atoms with Crippen molar-refractivity contribution in [1.29, 1.82) is 0 Å². The largest absolute Gasteiger partial charge is 0.383 e. The summed E-state index contributed by atoms with van der Waals surface area (Å²) in [5.41, 5.74) is 0.739. The molecule has 5 rings (SSSR count). The Morgan fingerprint density at radius 1 is 1.11 bits per heavy atom. The molecular formula is C23H32N2O3. The lowest BCUT2D eigenvalue weighted by Crippen LogP contribution is -2.51. The Balaban J connectivity index is 1.61. The number of carbonyl (C=O) groups excluding carboxylic acids is 2. The molecule has 0 N–H and O–H groups in total. The molecule has 0 aromatic heterocycles. The fraction of sp³-hybridized carbons (Fsp3) is 0.652. The van der Waals surface area contributed by atoms with Gasteiger partial charge in [-0.05, 0) is 31.2 Å². The van der Waals surface area contributed by atoms with Crippen molar-refractivity contribution in [2.45, 2.75) is 56.4 Å². The normalized spacial score (nSPS) is 27.0. The van der Waals surface area contributed by atoms with Crippen LogP contribution in [0.3, 0.4) is 0 Å². The van der Waals surface area contributed by atoms with Crippen LogP contribution in [-0.2, 0) is 19.7 Å². The van der Waals surface area contributed by atoms with Crippen LogP contribution in [0.5, 0.6) is 0 Å². The van der Waals surface area contributed by atoms with E-state index in [1.165, 1.54) is 6.42 Å². The predicted molar refractivity (Wildman–Crippen MR) is 108 cm³/mol. The van der Waals surface area contributed by atoms with Crippen LogP contribution < -0.4 is 0 Å². The molecule has 3 heterocycles. The third-order valence-corrected chi connectivity index (χ3v) is 7.06. The summed E-state index contributed by atoms with van der Waals surface area (Å²) in [5.74, 6) is 0.397. The molecule has 3 saturated heterocycles. The zero-order valence-electron chi connectivity index (χ0n) is 16.9. The monoisotopic (exact) mass is 384 g/mol. The summed E-state index contributed by atoms with van der Waals surface area (Å²) in [7, 11) is 1.67. The highest BCUT2D eigenvalue weighted by atomic mass is 16.5. The molecule has 0 unspecified atom stereocenters. The summed E-state index contributed by atoms with van der Waals surface area (Å²) in [5, 5.41) is 0. The van der Waals surface area contributed by atoms with E-state index >= 15 is 0 Å². The van der Waals surface area contributed by atoms with Gasteiger partial charge in [-0.3, -0.25) is 9.59 Å². The Kier molecular flexibility index (Phi) is 5.72. The lowest BCUT2D eigenvalue weighted by atomic mass is 9.68. The highest BCUT2D eigenvalue weighted by molar-refractivity contribution is 5.90. The van der Waals surface area contributed by atoms with E-state index in [2.05, 4.69) is 12.1 Å². The van der Waals surface area contributed by atoms with Crippen LogP contribution >= 0.6 is 0 Å². The van der Waals surface area contributed by atoms with Crippen LogP contribution in [0.15, 0.2) is 30.3 Å². The molecule has 4 aliphatic rings. The second kappa shape index (κ2) is 8.24. The molecule has 28 heavy (non-hydrogen) atoms. The SMILES string of the molecule is COCCN1C(=O)[C@H]2CC[C@@H]1CN(C(=O)C1(c3ccccc3)CCCCC1)C2. The molecule has 1 saturated carbocycles. The zero-order valence-corrected chi connectivity index (χ0v) is 16.9. The topological polar surface area (TPSA) is 49.9 Å². The van der Waals surface area contributed by atoms with Crippen molar-refractivity contribution in [1.82, 2.24) is 9.80 Å². The number of benzene rings is 1. The fourth-order valence-corrected chi connectivity index (χ4v) is 5.53. The summed E-state index contributed by atoms with van der Waals surface area (Å²) >= 11 is 0. The zero-order chi connectivity index (χ0) is 19.6. The van der Waals surface area contributed by atoms with E-state index in [0.717, 1.165) is 44.1 Å². The summed E-state index contributed by atoms with van der Waals surface area (Å²) in [6, 6.07) is 10.5. The van der Waals surface area contributed by atoms with Gasteiger partial charge in [0.15, 0.2) is 0 Å². The lowest BCUT2D eigenvalue weighted by Gasteiger charge is -2.40. The maximum Gasteiger partial charge on any atom is 0.233 e. The molecule has 1 aliphatic carbocycles. The van der Waals surface area contributed by atoms with Gasteiger partial charge in [-0.15, -0.1) is 0 Å². The van der Waals surface area contributed by atoms with Crippen molar-refractivity contribution in [2.24, 2.45) is 5.92 Å². The Hall–Kier alpha value is -1.88. The quantitative estimate of drug-likeness (QED) is 0.784. The van der Waals surface area contributed by atoms with Crippen molar-refractivity contribution in [3.05, 3.63) is 35.9 Å². The lowest BCUT2D eigenvalue weighted by molar-refractivity contribution is -0.140. The molecule has 5 nitrogen and oxygen atoms in total. The standard InChI is InChI=1S/C23H32N2O3/c1-28-15-14-25-20-11-10-18(21(25)26)16-24(17-20)22(27)23(12-6-3-7-13-23)19-8-4-2-5-9-19/h2,4-5,8-9,18,20H,3,6-7,10-17H2,1H3/t18-,20+/m0/s1. The van der Waals surface area contributed by atoms with Gasteiger partial charge in [0.25, 0.3) is 0 Å². The van der Waals surface area contributed by atoms with Gasteiger partial charge in [-0.1, -0.05) is 49.6 Å². The van der Waals surface area contributed by atoms with Crippen molar-refractivity contribution in [2.75, 3.05) is 33.4 Å². The first kappa shape index (κ1) is 19.4. The maximum atomic E-state index is 13.9. The predicted octanol–water partition coefficient (Wildman–Crippen LogP) is 2.98. The van der Waals surface area contributed by atoms with Crippen LogP contribution in [0.2, 0.25) is 0 Å². The first-order valence-electron chi connectivity index (χ1n) is 10.8. The van der Waals surface area contributed by atoms with Crippen LogP contribution in [0.4, 0.5) is 0 Å². The van der Waals surface area contributed by atoms with Gasteiger partial charge in [0.2, 0.25) is 11.8 Å². The van der Waals surface area contributed by atoms with Gasteiger partial charge in [-0.2, -0.15) is 0 Å². The first-order valence-corrected chi connectivity index (χ1v) is 10.8. The van der Waals surface area contributed by atoms with Crippen LogP contribution in [0, 0.1) is 5.92 Å². The summed E-state index contributed by atoms with van der Waals surface area (Å²) in [4.78, 5) is 30.9. The molecule has 5 heteroatoms. The minimum absolute atomic E-state index is 0.0593. The molecular weight excluding hydrogens is 352 g/mol. The second-order valence-electron chi connectivity index (χ2n) is 8.67. The molecule has 0 spiro atoms. The van der Waals surface area contributed by atoms with E-state index in [4.69, 9.17) is 4.74 Å². The van der Waals surface area contributed by atoms with E-state index in [1.54, 1.807) is 7.11 Å². The summed E-state index contributed by atoms with van der Waals surface area (Å²) < 4.78 is 5.21. The number of fused-ring (bicyclic) bond motifs is 4. The number of carbonyl (C=O) groups is 2. The third-order valence-electron chi connectivity index (χ3n) is 7.06. The van der Waals surface area contributed by atoms with Crippen molar-refractivity contribution >= 4 is 11.8 Å². The van der Waals surface area contributed by atoms with Gasteiger partial charge in [0.05, 0.1) is 17.9 Å². The van der Waals surface area contributed by atoms with Gasteiger partial charge in [0, 0.05) is 32.8 Å². The third kappa shape index (κ3) is 3.45. The second-order valence-corrected chi connectivity index (χ2v) is 8.67. The van der Waals surface area contributed by atoms with E-state index in [-0.39, 0.29) is 23.8 Å². The van der Waals surface area contributed by atoms with Gasteiger partial charge in [0.1, 0.15) is 0 Å². The number of nitrogens with zero attached hydrogens (tertiary/aromatic N) is 2. The Morgan fingerprint density at radius 3 is 2.57 bits per heavy atom. The average Bonchev–Trinajstić information content (AvgIpc) is 3.04. The molecule has 2 atom stereocenters. The minimum Gasteiger partial charge on any atom is -0.383 e. The van der Waals surface area contributed by atoms with Crippen LogP contribution in [-0.4, -0.2) is 61.0 Å². The number of methoxy groups -OCH3 is 1. The number of ether oxygens (including phenoxy) is 1. The summed E-state index contributed by atoms with van der Waals surface area (Å²) in [6.07, 6.45) is 7.13. The smallest absolute Gasteiger partial charge is 0.233 e. The molecule has 1 aromatic carbocycles. The Morgan fingerprint density at radius 2 is 1.86 bits per heavy atom. The van der Waals surface area contributed by atoms with E-state index in [9.17, 15) is 9.59 Å². The number of rotatable bonds is 5. The average molecular weight is 385 g/mol. The minimum atomic E-state index is -0.413. The molecule has 4 fully saturated rings. The molecule has 152 valence electrons. The van der Waals surface area contributed by atoms with E-state index < -0.39 is 5.41 Å². The summed E-state index contributed by atoms with van der Waals surface area (Å²) in [6.45, 7) is 2.42. The highest BCUT2D eigenvalue weighted by Crippen LogP contribution is 2.42. The van der Waals surface area contributed by atoms with Gasteiger partial charge < -0.3 is 14.5 Å². The molecule has 0 radical (unpaired) electrons.